The summed E-state index contributed by atoms with van der Waals surface area (Å²) in [6.07, 6.45) is 10.4. The number of rotatable bonds is 6. The van der Waals surface area contributed by atoms with E-state index in [4.69, 9.17) is 0 Å². The van der Waals surface area contributed by atoms with Gasteiger partial charge in [-0.1, -0.05) is 91.5 Å². The maximum absolute atomic E-state index is 3.92. The van der Waals surface area contributed by atoms with Gasteiger partial charge in [-0.15, -0.1) is 0 Å². The van der Waals surface area contributed by atoms with E-state index in [-0.39, 0.29) is 0 Å². The molecule has 0 aromatic rings. The first-order chi connectivity index (χ1) is 9.09. The predicted molar refractivity (Wildman–Crippen MR) is 96.1 cm³/mol. The van der Waals surface area contributed by atoms with E-state index in [1.165, 1.54) is 17.6 Å². The predicted octanol–water partition coefficient (Wildman–Crippen LogP) is 7.11. The highest BCUT2D eigenvalue weighted by atomic mass is 14.3. The molecule has 0 unspecified atom stereocenters. The maximum Gasteiger partial charge on any atom is -0.0227 e. The molecule has 0 radical (unpaired) electrons. The summed E-state index contributed by atoms with van der Waals surface area (Å²) in [5.74, 6) is 0. The zero-order valence-corrected chi connectivity index (χ0v) is 15.1. The van der Waals surface area contributed by atoms with Gasteiger partial charge in [0.1, 0.15) is 0 Å². The SMILES string of the molecule is C=C/C(=C\C=C(/C)C=C)CC(C)(C)CC(C)(C)C.CC. The minimum absolute atomic E-state index is 0.300. The first-order valence-corrected chi connectivity index (χ1v) is 7.72. The summed E-state index contributed by atoms with van der Waals surface area (Å²) in [4.78, 5) is 0. The van der Waals surface area contributed by atoms with Crippen molar-refractivity contribution < 1.29 is 0 Å². The Balaban J connectivity index is 0. The van der Waals surface area contributed by atoms with Gasteiger partial charge in [0.2, 0.25) is 0 Å². The fourth-order valence-corrected chi connectivity index (χ4v) is 2.56. The highest BCUT2D eigenvalue weighted by Crippen LogP contribution is 2.37. The third-order valence-corrected chi connectivity index (χ3v) is 2.84. The van der Waals surface area contributed by atoms with Crippen molar-refractivity contribution in [1.82, 2.24) is 0 Å². The van der Waals surface area contributed by atoms with Crippen LogP contribution in [0, 0.1) is 10.8 Å². The van der Waals surface area contributed by atoms with Crippen LogP contribution in [0.2, 0.25) is 0 Å². The van der Waals surface area contributed by atoms with E-state index in [9.17, 15) is 0 Å². The molecule has 0 nitrogen and oxygen atoms in total. The fourth-order valence-electron chi connectivity index (χ4n) is 2.56. The molecule has 20 heavy (non-hydrogen) atoms. The summed E-state index contributed by atoms with van der Waals surface area (Å²) < 4.78 is 0. The van der Waals surface area contributed by atoms with E-state index >= 15 is 0 Å². The molecule has 0 amide bonds. The largest absolute Gasteiger partial charge is 0.0988 e. The van der Waals surface area contributed by atoms with Gasteiger partial charge in [-0.2, -0.15) is 0 Å². The van der Waals surface area contributed by atoms with E-state index in [0.717, 1.165) is 6.42 Å². The van der Waals surface area contributed by atoms with Crippen LogP contribution in [0.4, 0.5) is 0 Å². The molecule has 0 N–H and O–H groups in total. The molecule has 0 heterocycles. The molecular formula is C20H36. The normalized spacial score (nSPS) is 13.4. The average Bonchev–Trinajstić information content (AvgIpc) is 2.33. The van der Waals surface area contributed by atoms with E-state index in [1.54, 1.807) is 0 Å². The van der Waals surface area contributed by atoms with E-state index < -0.39 is 0 Å². The zero-order valence-electron chi connectivity index (χ0n) is 15.1. The van der Waals surface area contributed by atoms with Gasteiger partial charge in [-0.25, -0.2) is 0 Å². The monoisotopic (exact) mass is 276 g/mol. The third kappa shape index (κ3) is 12.0. The Hall–Kier alpha value is -1.04. The van der Waals surface area contributed by atoms with Crippen LogP contribution >= 0.6 is 0 Å². The lowest BCUT2D eigenvalue weighted by Gasteiger charge is -2.32. The van der Waals surface area contributed by atoms with Crippen molar-refractivity contribution in [3.05, 3.63) is 48.6 Å². The standard InChI is InChI=1S/C18H30.C2H6/c1-9-15(3)11-12-16(10-2)13-18(7,8)14-17(4,5)6;1-2/h9-12H,1-2,13-14H2,3-8H3;1-2H3/b15-11+,16-12+;. The van der Waals surface area contributed by atoms with Crippen molar-refractivity contribution in [2.75, 3.05) is 0 Å². The second-order valence-corrected chi connectivity index (χ2v) is 7.14. The molecule has 0 bridgehead atoms. The molecule has 0 saturated heterocycles. The quantitative estimate of drug-likeness (QED) is 0.453. The molecular weight excluding hydrogens is 240 g/mol. The van der Waals surface area contributed by atoms with Gasteiger partial charge in [-0.3, -0.25) is 0 Å². The van der Waals surface area contributed by atoms with Gasteiger partial charge in [0.05, 0.1) is 0 Å². The smallest absolute Gasteiger partial charge is 0.0227 e. The van der Waals surface area contributed by atoms with E-state index in [1.807, 2.05) is 26.0 Å². The summed E-state index contributed by atoms with van der Waals surface area (Å²) in [7, 11) is 0. The van der Waals surface area contributed by atoms with Crippen LogP contribution in [0.1, 0.15) is 68.2 Å². The molecule has 0 aliphatic carbocycles. The summed E-state index contributed by atoms with van der Waals surface area (Å²) in [5.41, 5.74) is 3.14. The second-order valence-electron chi connectivity index (χ2n) is 7.14. The van der Waals surface area contributed by atoms with Gasteiger partial charge in [0, 0.05) is 0 Å². The Morgan fingerprint density at radius 2 is 1.40 bits per heavy atom. The van der Waals surface area contributed by atoms with Crippen LogP contribution in [0.25, 0.3) is 0 Å². The number of allylic oxidation sites excluding steroid dienone is 6. The van der Waals surface area contributed by atoms with Crippen LogP contribution < -0.4 is 0 Å². The molecule has 0 fully saturated rings. The maximum atomic E-state index is 3.92. The van der Waals surface area contributed by atoms with Gasteiger partial charge in [0.25, 0.3) is 0 Å². The van der Waals surface area contributed by atoms with Crippen molar-refractivity contribution >= 4 is 0 Å². The molecule has 0 aromatic carbocycles. The van der Waals surface area contributed by atoms with Crippen molar-refractivity contribution in [1.29, 1.82) is 0 Å². The Morgan fingerprint density at radius 1 is 0.900 bits per heavy atom. The van der Waals surface area contributed by atoms with Gasteiger partial charge < -0.3 is 0 Å². The molecule has 0 aliphatic heterocycles. The summed E-state index contributed by atoms with van der Waals surface area (Å²) >= 11 is 0. The average molecular weight is 277 g/mol. The molecule has 0 heteroatoms. The first-order valence-electron chi connectivity index (χ1n) is 7.72. The van der Waals surface area contributed by atoms with Crippen LogP contribution in [0.5, 0.6) is 0 Å². The lowest BCUT2D eigenvalue weighted by atomic mass is 9.73. The van der Waals surface area contributed by atoms with Crippen LogP contribution in [0.3, 0.4) is 0 Å². The van der Waals surface area contributed by atoms with Crippen molar-refractivity contribution in [2.24, 2.45) is 10.8 Å². The van der Waals surface area contributed by atoms with Gasteiger partial charge in [-0.05, 0) is 36.2 Å². The van der Waals surface area contributed by atoms with Crippen LogP contribution in [0.15, 0.2) is 48.6 Å². The summed E-state index contributed by atoms with van der Waals surface area (Å²) in [5, 5.41) is 0. The van der Waals surface area contributed by atoms with Crippen LogP contribution in [-0.2, 0) is 0 Å². The molecule has 0 saturated carbocycles. The molecule has 0 atom stereocenters. The van der Waals surface area contributed by atoms with Gasteiger partial charge in [0.15, 0.2) is 0 Å². The number of hydrogen-bond acceptors (Lipinski definition) is 0. The second kappa shape index (κ2) is 9.80. The minimum Gasteiger partial charge on any atom is -0.0988 e. The summed E-state index contributed by atoms with van der Waals surface area (Å²) in [6.45, 7) is 25.3. The molecule has 0 spiro atoms. The lowest BCUT2D eigenvalue weighted by molar-refractivity contribution is 0.212. The van der Waals surface area contributed by atoms with Crippen molar-refractivity contribution in [3.63, 3.8) is 0 Å². The molecule has 0 rings (SSSR count). The summed E-state index contributed by atoms with van der Waals surface area (Å²) in [6, 6.07) is 0. The van der Waals surface area contributed by atoms with Crippen molar-refractivity contribution in [3.8, 4) is 0 Å². The molecule has 0 aromatic heterocycles. The lowest BCUT2D eigenvalue weighted by Crippen LogP contribution is -2.21. The highest BCUT2D eigenvalue weighted by Gasteiger charge is 2.25. The Labute approximate surface area is 128 Å². The van der Waals surface area contributed by atoms with Crippen molar-refractivity contribution in [2.45, 2.75) is 68.2 Å². The van der Waals surface area contributed by atoms with Gasteiger partial charge >= 0.3 is 0 Å². The number of hydrogen-bond donors (Lipinski definition) is 0. The first kappa shape index (κ1) is 21.3. The Bertz CT molecular complexity index is 343. The zero-order chi connectivity index (χ0) is 16.4. The van der Waals surface area contributed by atoms with Crippen LogP contribution in [-0.4, -0.2) is 0 Å². The topological polar surface area (TPSA) is 0 Å². The van der Waals surface area contributed by atoms with E-state index in [2.05, 4.69) is 66.9 Å². The minimum atomic E-state index is 0.300. The Kier molecular flexibility index (Phi) is 10.4. The van der Waals surface area contributed by atoms with E-state index in [0.29, 0.717) is 10.8 Å². The molecule has 0 aliphatic rings. The fraction of sp³-hybridized carbons (Fsp3) is 0.600. The molecule has 116 valence electrons. The third-order valence-electron chi connectivity index (χ3n) is 2.84. The Morgan fingerprint density at radius 3 is 1.75 bits per heavy atom. The highest BCUT2D eigenvalue weighted by molar-refractivity contribution is 5.28.